The number of ether oxygens (including phenoxy) is 1. The first-order valence-electron chi connectivity index (χ1n) is 14.6. The number of hydrogen-bond donors (Lipinski definition) is 1. The van der Waals surface area contributed by atoms with Crippen LogP contribution in [0, 0.1) is 11.3 Å². The van der Waals surface area contributed by atoms with Gasteiger partial charge in [0, 0.05) is 36.0 Å². The average molecular weight is 640 g/mol. The van der Waals surface area contributed by atoms with E-state index in [1.807, 2.05) is 24.3 Å². The van der Waals surface area contributed by atoms with E-state index >= 15 is 0 Å². The molecule has 0 aromatic heterocycles. The minimum Gasteiger partial charge on any atom is -0.626 e. The molecular weight excluding hydrogens is 607 g/mol. The van der Waals surface area contributed by atoms with Crippen LogP contribution in [-0.4, -0.2) is 64.5 Å². The van der Waals surface area contributed by atoms with Crippen molar-refractivity contribution in [3.8, 4) is 0 Å². The molecule has 2 saturated carbocycles. The minimum absolute atomic E-state index is 0. The third-order valence-corrected chi connectivity index (χ3v) is 9.15. The predicted octanol–water partition coefficient (Wildman–Crippen LogP) is 5.46. The van der Waals surface area contributed by atoms with Gasteiger partial charge in [-0.05, 0) is 36.8 Å². The smallest absolute Gasteiger partial charge is 0.626 e. The van der Waals surface area contributed by atoms with E-state index in [0.29, 0.717) is 16.8 Å². The molecule has 1 saturated heterocycles. The fourth-order valence-electron chi connectivity index (χ4n) is 6.92. The van der Waals surface area contributed by atoms with Gasteiger partial charge in [0.15, 0.2) is 12.2 Å². The number of amides is 1. The summed E-state index contributed by atoms with van der Waals surface area (Å²) in [6.07, 6.45) is -1.05. The Balaban J connectivity index is 0.00000384. The summed E-state index contributed by atoms with van der Waals surface area (Å²) in [5.74, 6) is -2.38. The molecule has 230 valence electrons. The summed E-state index contributed by atoms with van der Waals surface area (Å²) in [5.41, 5.74) is 2.25. The van der Waals surface area contributed by atoms with Crippen LogP contribution in [-0.2, 0) is 42.2 Å². The molecule has 0 bridgehead atoms. The monoisotopic (exact) mass is 639 g/mol. The van der Waals surface area contributed by atoms with Gasteiger partial charge in [0.2, 0.25) is 0 Å². The quantitative estimate of drug-likeness (QED) is 0.122. The summed E-state index contributed by atoms with van der Waals surface area (Å²) in [6.45, 7) is 3.20. The second kappa shape index (κ2) is 12.6. The van der Waals surface area contributed by atoms with E-state index in [1.54, 1.807) is 55.5 Å². The van der Waals surface area contributed by atoms with Crippen molar-refractivity contribution in [2.75, 3.05) is 13.2 Å². The molecule has 0 radical (unpaired) electrons. The molecule has 6 rings (SSSR count). The van der Waals surface area contributed by atoms with Gasteiger partial charge in [-0.15, -0.1) is 5.69 Å². The minimum atomic E-state index is -2.15. The number of para-hydroxylation sites is 1. The van der Waals surface area contributed by atoms with Gasteiger partial charge in [-0.2, -0.15) is 0 Å². The second-order valence-corrected chi connectivity index (χ2v) is 11.4. The number of carboxylic acids is 1. The molecule has 2 aliphatic carbocycles. The van der Waals surface area contributed by atoms with Crippen LogP contribution in [0.5, 0.6) is 0 Å². The molecule has 8 nitrogen and oxygen atoms in total. The molecule has 3 fully saturated rings. The number of aliphatic carboxylic acids is 1. The largest absolute Gasteiger partial charge is 2.00 e. The zero-order valence-electron chi connectivity index (χ0n) is 24.2. The van der Waals surface area contributed by atoms with Gasteiger partial charge in [0.05, 0.1) is 18.2 Å². The van der Waals surface area contributed by atoms with Crippen LogP contribution >= 0.6 is 0 Å². The first-order chi connectivity index (χ1) is 20.8. The van der Waals surface area contributed by atoms with Gasteiger partial charge in [0.1, 0.15) is 0 Å². The molecule has 1 N–H and O–H groups in total. The van der Waals surface area contributed by atoms with E-state index < -0.39 is 36.0 Å². The Labute approximate surface area is 265 Å². The van der Waals surface area contributed by atoms with Crippen molar-refractivity contribution in [1.29, 1.82) is 0 Å². The fraction of sp³-hybridized carbons (Fsp3) is 0.353. The molecule has 1 amide bonds. The number of alkyl halides is 1. The van der Waals surface area contributed by atoms with Gasteiger partial charge in [0.25, 0.3) is 0 Å². The third-order valence-electron chi connectivity index (χ3n) is 9.15. The molecule has 1 aliphatic heterocycles. The summed E-state index contributed by atoms with van der Waals surface area (Å²) in [4.78, 5) is 44.9. The van der Waals surface area contributed by atoms with Crippen molar-refractivity contribution in [1.82, 2.24) is 4.90 Å². The van der Waals surface area contributed by atoms with Gasteiger partial charge in [-0.25, -0.2) is 14.0 Å². The Kier molecular flexibility index (Phi) is 9.05. The van der Waals surface area contributed by atoms with Crippen molar-refractivity contribution >= 4 is 29.2 Å². The molecule has 6 unspecified atom stereocenters. The van der Waals surface area contributed by atoms with Crippen LogP contribution in [0.25, 0.3) is 5.32 Å². The van der Waals surface area contributed by atoms with E-state index in [4.69, 9.17) is 4.74 Å². The number of carbonyl (C=O) groups is 3. The van der Waals surface area contributed by atoms with Crippen LogP contribution in [0.2, 0.25) is 0 Å². The van der Waals surface area contributed by atoms with E-state index in [2.05, 4.69) is 27.3 Å². The summed E-state index contributed by atoms with van der Waals surface area (Å²) in [6, 6.07) is 24.5. The van der Waals surface area contributed by atoms with Crippen LogP contribution in [0.1, 0.15) is 42.9 Å². The van der Waals surface area contributed by atoms with E-state index in [1.165, 1.54) is 5.56 Å². The number of esters is 1. The van der Waals surface area contributed by atoms with Crippen molar-refractivity contribution in [2.45, 2.75) is 50.5 Å². The number of fused-ring (bicyclic) bond motifs is 3. The molecule has 3 aromatic carbocycles. The zero-order valence-corrected chi connectivity index (χ0v) is 25.2. The van der Waals surface area contributed by atoms with Crippen LogP contribution in [0.4, 0.5) is 10.1 Å². The topological polar surface area (TPSA) is 110 Å². The molecule has 3 aromatic rings. The van der Waals surface area contributed by atoms with Crippen molar-refractivity contribution in [3.63, 3.8) is 0 Å². The van der Waals surface area contributed by atoms with Crippen LogP contribution < -0.4 is 0 Å². The third kappa shape index (κ3) is 5.46. The number of nitrogens with zero attached hydrogens (tertiary/aromatic N) is 3. The van der Waals surface area contributed by atoms with Crippen LogP contribution in [0.15, 0.2) is 89.9 Å². The standard InChI is InChI=1S/C34H34FN3O5.Ni/c1-2-43-31(41)25(35)19-27(30(39)40)36-29(23-13-7-4-8-14-23)24-15-9-10-16-26(24)37-32(42)33-18-17-28(33)34(33)21-38(34)20-22-11-5-3-6-12-22;/h3-16,25,27-28H,2,17-21H2,1H3,(H2,36,37,39,40,42);/q;+2/p-1/i35-1;. The molecule has 10 heteroatoms. The van der Waals surface area contributed by atoms with Gasteiger partial charge in [-0.1, -0.05) is 84.9 Å². The van der Waals surface area contributed by atoms with Crippen molar-refractivity contribution in [3.05, 3.63) is 107 Å². The molecule has 1 heterocycles. The van der Waals surface area contributed by atoms with Gasteiger partial charge >= 0.3 is 28.4 Å². The Morgan fingerprint density at radius 2 is 1.70 bits per heavy atom. The zero-order chi connectivity index (χ0) is 30.2. The Hall–Kier alpha value is -3.88. The van der Waals surface area contributed by atoms with E-state index in [9.17, 15) is 23.9 Å². The average Bonchev–Trinajstić information content (AvgIpc) is 3.79. The Morgan fingerprint density at radius 1 is 1.05 bits per heavy atom. The van der Waals surface area contributed by atoms with E-state index in [0.717, 1.165) is 25.9 Å². The number of rotatable bonds is 12. The normalized spacial score (nSPS) is 25.8. The number of benzene rings is 3. The molecular formula is C34H33FN3NiO5+. The van der Waals surface area contributed by atoms with Crippen molar-refractivity contribution in [2.24, 2.45) is 16.3 Å². The molecule has 6 atom stereocenters. The first kappa shape index (κ1) is 31.5. The molecule has 44 heavy (non-hydrogen) atoms. The number of carboxylic acid groups (broad SMARTS) is 1. The number of carbonyl (C=O) groups excluding carboxylic acids is 2. The van der Waals surface area contributed by atoms with Gasteiger partial charge < -0.3 is 20.0 Å². The maximum atomic E-state index is 14.7. The Morgan fingerprint density at radius 3 is 2.34 bits per heavy atom. The van der Waals surface area contributed by atoms with Crippen LogP contribution in [0.3, 0.4) is 0 Å². The summed E-state index contributed by atoms with van der Waals surface area (Å²) in [7, 11) is 0. The Bertz CT molecular complexity index is 1570. The maximum Gasteiger partial charge on any atom is 2.00 e. The van der Waals surface area contributed by atoms with E-state index in [-0.39, 0.29) is 46.2 Å². The number of hydrogen-bond acceptors (Lipinski definition) is 6. The predicted molar refractivity (Wildman–Crippen MR) is 159 cm³/mol. The summed E-state index contributed by atoms with van der Waals surface area (Å²) in [5, 5.41) is 14.6. The van der Waals surface area contributed by atoms with Gasteiger partial charge in [-0.3, -0.25) is 9.89 Å². The molecule has 1 spiro atoms. The number of aliphatic imine (C=N–C) groups is 1. The number of halogens is 1. The summed E-state index contributed by atoms with van der Waals surface area (Å²) < 4.78 is 19.4. The summed E-state index contributed by atoms with van der Waals surface area (Å²) >= 11 is 0. The first-order valence-corrected chi connectivity index (χ1v) is 14.6. The van der Waals surface area contributed by atoms with Crippen molar-refractivity contribution < 1.29 is 45.1 Å². The maximum absolute atomic E-state index is 14.7. The SMILES string of the molecule is CCOC(=O)C([18F])CC(N=C(c1ccccc1)c1ccccc1[N-]C(=O)C12CCC1C21CN1Cc1ccccc1)C(=O)O.[Ni+2]. The molecule has 3 aliphatic rings. The second-order valence-electron chi connectivity index (χ2n) is 11.4. The fourth-order valence-corrected chi connectivity index (χ4v) is 6.92.